The van der Waals surface area contributed by atoms with Crippen molar-refractivity contribution in [3.63, 3.8) is 0 Å². The first-order chi connectivity index (χ1) is 5.52. The van der Waals surface area contributed by atoms with Gasteiger partial charge >= 0.3 is 0 Å². The van der Waals surface area contributed by atoms with Gasteiger partial charge in [0.05, 0.1) is 5.69 Å². The number of halogens is 1. The summed E-state index contributed by atoms with van der Waals surface area (Å²) in [6.45, 7) is 5.35. The average Bonchev–Trinajstić information content (AvgIpc) is 1.96. The molecular weight excluding hydrogens is 218 g/mol. The van der Waals surface area contributed by atoms with Crippen molar-refractivity contribution in [1.29, 1.82) is 0 Å². The Balaban J connectivity index is 3.37. The molecule has 0 saturated carbocycles. The molecule has 0 aliphatic rings. The third-order valence-electron chi connectivity index (χ3n) is 1.58. The van der Waals surface area contributed by atoms with Crippen molar-refractivity contribution >= 4 is 27.4 Å². The number of nitrogen functional groups attached to an aromatic ring is 1. The Kier molecular flexibility index (Phi) is 2.43. The topological polar surface area (TPSA) is 46.2 Å². The van der Waals surface area contributed by atoms with Crippen LogP contribution >= 0.6 is 15.9 Å². The number of aryl methyl sites for hydroxylation is 1. The lowest BCUT2D eigenvalue weighted by atomic mass is 10.1. The second kappa shape index (κ2) is 3.19. The van der Waals surface area contributed by atoms with Gasteiger partial charge in [0.15, 0.2) is 0 Å². The summed E-state index contributed by atoms with van der Waals surface area (Å²) in [6.07, 6.45) is 0. The standard InChI is InChI=1S/C9H10BrNO/c1-5-3-7(6(2)12)9(11)8(10)4-5/h3-4,12H,2,11H2,1H3. The van der Waals surface area contributed by atoms with Crippen LogP contribution in [0.2, 0.25) is 0 Å². The molecule has 64 valence electrons. The molecule has 12 heavy (non-hydrogen) atoms. The summed E-state index contributed by atoms with van der Waals surface area (Å²) in [7, 11) is 0. The summed E-state index contributed by atoms with van der Waals surface area (Å²) >= 11 is 3.29. The predicted octanol–water partition coefficient (Wildman–Crippen LogP) is 2.87. The van der Waals surface area contributed by atoms with Gasteiger partial charge < -0.3 is 10.8 Å². The maximum absolute atomic E-state index is 9.16. The summed E-state index contributed by atoms with van der Waals surface area (Å²) in [5.41, 5.74) is 7.82. The fraction of sp³-hybridized carbons (Fsp3) is 0.111. The van der Waals surface area contributed by atoms with E-state index in [4.69, 9.17) is 10.8 Å². The molecule has 0 spiro atoms. The molecule has 0 bridgehead atoms. The van der Waals surface area contributed by atoms with Crippen molar-refractivity contribution < 1.29 is 5.11 Å². The Morgan fingerprint density at radius 3 is 2.67 bits per heavy atom. The van der Waals surface area contributed by atoms with E-state index in [-0.39, 0.29) is 5.76 Å². The quantitative estimate of drug-likeness (QED) is 0.573. The molecular formula is C9H10BrNO. The van der Waals surface area contributed by atoms with E-state index in [0.717, 1.165) is 10.0 Å². The van der Waals surface area contributed by atoms with E-state index in [2.05, 4.69) is 22.5 Å². The van der Waals surface area contributed by atoms with Crippen LogP contribution < -0.4 is 5.73 Å². The van der Waals surface area contributed by atoms with Crippen molar-refractivity contribution in [1.82, 2.24) is 0 Å². The number of hydrogen-bond acceptors (Lipinski definition) is 2. The number of rotatable bonds is 1. The van der Waals surface area contributed by atoms with Gasteiger partial charge in [0, 0.05) is 10.0 Å². The summed E-state index contributed by atoms with van der Waals surface area (Å²) < 4.78 is 0.785. The van der Waals surface area contributed by atoms with Crippen molar-refractivity contribution in [2.24, 2.45) is 0 Å². The molecule has 0 radical (unpaired) electrons. The third kappa shape index (κ3) is 1.61. The molecule has 0 atom stereocenters. The SMILES string of the molecule is C=C(O)c1cc(C)cc(Br)c1N. The number of aliphatic hydroxyl groups excluding tert-OH is 1. The molecule has 1 aromatic rings. The molecule has 0 heterocycles. The lowest BCUT2D eigenvalue weighted by molar-refractivity contribution is 0.514. The zero-order valence-electron chi connectivity index (χ0n) is 6.76. The maximum atomic E-state index is 9.16. The van der Waals surface area contributed by atoms with E-state index in [0.29, 0.717) is 11.3 Å². The number of benzene rings is 1. The largest absolute Gasteiger partial charge is 0.508 e. The van der Waals surface area contributed by atoms with Gasteiger partial charge in [-0.3, -0.25) is 0 Å². The van der Waals surface area contributed by atoms with Gasteiger partial charge in [-0.05, 0) is 40.5 Å². The smallest absolute Gasteiger partial charge is 0.117 e. The Hall–Kier alpha value is -0.960. The first kappa shape index (κ1) is 9.13. The second-order valence-electron chi connectivity index (χ2n) is 2.65. The van der Waals surface area contributed by atoms with Gasteiger partial charge in [-0.1, -0.05) is 6.58 Å². The summed E-state index contributed by atoms with van der Waals surface area (Å²) in [5, 5.41) is 9.16. The fourth-order valence-electron chi connectivity index (χ4n) is 0.992. The van der Waals surface area contributed by atoms with Crippen molar-refractivity contribution in [3.8, 4) is 0 Å². The van der Waals surface area contributed by atoms with Crippen LogP contribution in [0.4, 0.5) is 5.69 Å². The zero-order valence-corrected chi connectivity index (χ0v) is 8.35. The normalized spacial score (nSPS) is 9.83. The van der Waals surface area contributed by atoms with E-state index >= 15 is 0 Å². The van der Waals surface area contributed by atoms with Gasteiger partial charge in [-0.25, -0.2) is 0 Å². The van der Waals surface area contributed by atoms with Crippen LogP contribution in [-0.2, 0) is 0 Å². The Bertz CT molecular complexity index is 334. The summed E-state index contributed by atoms with van der Waals surface area (Å²) in [4.78, 5) is 0. The summed E-state index contributed by atoms with van der Waals surface area (Å²) in [5.74, 6) is -0.00287. The fourth-order valence-corrected chi connectivity index (χ4v) is 1.57. The minimum atomic E-state index is -0.00287. The van der Waals surface area contributed by atoms with Gasteiger partial charge in [-0.2, -0.15) is 0 Å². The number of nitrogens with two attached hydrogens (primary N) is 1. The van der Waals surface area contributed by atoms with Crippen LogP contribution in [0.15, 0.2) is 23.2 Å². The number of anilines is 1. The summed E-state index contributed by atoms with van der Waals surface area (Å²) in [6, 6.07) is 3.68. The van der Waals surface area contributed by atoms with Crippen molar-refractivity contribution in [2.45, 2.75) is 6.92 Å². The predicted molar refractivity (Wildman–Crippen MR) is 55.0 cm³/mol. The van der Waals surface area contributed by atoms with E-state index in [1.807, 2.05) is 13.0 Å². The first-order valence-corrected chi connectivity index (χ1v) is 4.25. The number of hydrogen-bond donors (Lipinski definition) is 2. The highest BCUT2D eigenvalue weighted by atomic mass is 79.9. The van der Waals surface area contributed by atoms with Gasteiger partial charge in [0.1, 0.15) is 5.76 Å². The molecule has 3 heteroatoms. The molecule has 0 fully saturated rings. The molecule has 1 rings (SSSR count). The molecule has 0 saturated heterocycles. The van der Waals surface area contributed by atoms with E-state index < -0.39 is 0 Å². The van der Waals surface area contributed by atoms with Crippen LogP contribution in [0, 0.1) is 6.92 Å². The van der Waals surface area contributed by atoms with Crippen LogP contribution in [0.1, 0.15) is 11.1 Å². The van der Waals surface area contributed by atoms with Crippen molar-refractivity contribution in [3.05, 3.63) is 34.3 Å². The minimum Gasteiger partial charge on any atom is -0.508 e. The number of aliphatic hydroxyl groups is 1. The highest BCUT2D eigenvalue weighted by Crippen LogP contribution is 2.28. The van der Waals surface area contributed by atoms with E-state index in [1.165, 1.54) is 0 Å². The Morgan fingerprint density at radius 2 is 2.17 bits per heavy atom. The monoisotopic (exact) mass is 227 g/mol. The third-order valence-corrected chi connectivity index (χ3v) is 2.24. The lowest BCUT2D eigenvalue weighted by Crippen LogP contribution is -1.95. The molecule has 2 nitrogen and oxygen atoms in total. The molecule has 0 amide bonds. The average molecular weight is 228 g/mol. The Labute approximate surface area is 79.8 Å². The van der Waals surface area contributed by atoms with Crippen LogP contribution in [0.5, 0.6) is 0 Å². The maximum Gasteiger partial charge on any atom is 0.117 e. The van der Waals surface area contributed by atoms with Gasteiger partial charge in [0.25, 0.3) is 0 Å². The van der Waals surface area contributed by atoms with Crippen LogP contribution in [0.3, 0.4) is 0 Å². The highest BCUT2D eigenvalue weighted by Gasteiger charge is 2.06. The second-order valence-corrected chi connectivity index (χ2v) is 3.51. The molecule has 1 aromatic carbocycles. The minimum absolute atomic E-state index is 0.00287. The van der Waals surface area contributed by atoms with E-state index in [1.54, 1.807) is 6.07 Å². The molecule has 0 unspecified atom stereocenters. The van der Waals surface area contributed by atoms with Gasteiger partial charge in [0.2, 0.25) is 0 Å². The van der Waals surface area contributed by atoms with Gasteiger partial charge in [-0.15, -0.1) is 0 Å². The Morgan fingerprint density at radius 1 is 1.58 bits per heavy atom. The molecule has 3 N–H and O–H groups in total. The lowest BCUT2D eigenvalue weighted by Gasteiger charge is -2.07. The zero-order chi connectivity index (χ0) is 9.30. The van der Waals surface area contributed by atoms with Crippen molar-refractivity contribution in [2.75, 3.05) is 5.73 Å². The first-order valence-electron chi connectivity index (χ1n) is 3.46. The molecule has 0 aliphatic carbocycles. The highest BCUT2D eigenvalue weighted by molar-refractivity contribution is 9.10. The van der Waals surface area contributed by atoms with E-state index in [9.17, 15) is 0 Å². The molecule has 0 aromatic heterocycles. The molecule has 0 aliphatic heterocycles. The van der Waals surface area contributed by atoms with Crippen LogP contribution in [-0.4, -0.2) is 5.11 Å². The van der Waals surface area contributed by atoms with Crippen LogP contribution in [0.25, 0.3) is 5.76 Å².